The van der Waals surface area contributed by atoms with Crippen molar-refractivity contribution in [2.24, 2.45) is 0 Å². The molecule has 0 radical (unpaired) electrons. The quantitative estimate of drug-likeness (QED) is 0.452. The van der Waals surface area contributed by atoms with E-state index in [1.807, 2.05) is 60.7 Å². The zero-order valence-corrected chi connectivity index (χ0v) is 19.1. The van der Waals surface area contributed by atoms with E-state index in [1.54, 1.807) is 22.8 Å². The first-order chi connectivity index (χ1) is 15.5. The second-order valence-corrected chi connectivity index (χ2v) is 10.7. The number of hydrogen-bond acceptors (Lipinski definition) is 5. The Morgan fingerprint density at radius 1 is 0.812 bits per heavy atom. The Labute approximate surface area is 191 Å². The molecule has 1 aromatic heterocycles. The Morgan fingerprint density at radius 3 is 2.16 bits per heavy atom. The highest BCUT2D eigenvalue weighted by molar-refractivity contribution is 7.89. The Hall–Kier alpha value is -2.94. The van der Waals surface area contributed by atoms with Crippen molar-refractivity contribution in [2.45, 2.75) is 11.4 Å². The number of benzene rings is 3. The van der Waals surface area contributed by atoms with Gasteiger partial charge in [0, 0.05) is 31.9 Å². The third-order valence-electron chi connectivity index (χ3n) is 5.82. The van der Waals surface area contributed by atoms with Gasteiger partial charge in [0.25, 0.3) is 0 Å². The number of fused-ring (bicyclic) bond motifs is 1. The van der Waals surface area contributed by atoms with E-state index in [4.69, 9.17) is 0 Å². The monoisotopic (exact) mass is 465 g/mol. The van der Waals surface area contributed by atoms with E-state index in [2.05, 4.69) is 4.90 Å². The third kappa shape index (κ3) is 3.97. The van der Waals surface area contributed by atoms with Gasteiger partial charge in [-0.3, -0.25) is 9.36 Å². The van der Waals surface area contributed by atoms with Crippen LogP contribution in [0.25, 0.3) is 10.2 Å². The predicted molar refractivity (Wildman–Crippen MR) is 129 cm³/mol. The maximum absolute atomic E-state index is 13.3. The van der Waals surface area contributed by atoms with Gasteiger partial charge in [-0.2, -0.15) is 4.31 Å². The molecule has 1 saturated heterocycles. The maximum atomic E-state index is 13.3. The molecule has 2 heterocycles. The Balaban J connectivity index is 1.38. The summed E-state index contributed by atoms with van der Waals surface area (Å²) < 4.78 is 30.5. The second-order valence-electron chi connectivity index (χ2n) is 7.80. The summed E-state index contributed by atoms with van der Waals surface area (Å²) in [4.78, 5) is 14.9. The fraction of sp³-hybridized carbons (Fsp3) is 0.208. The van der Waals surface area contributed by atoms with Crippen LogP contribution in [0, 0.1) is 0 Å². The first-order valence-corrected chi connectivity index (χ1v) is 12.8. The number of para-hydroxylation sites is 1. The highest BCUT2D eigenvalue weighted by atomic mass is 32.2. The number of piperazine rings is 1. The second kappa shape index (κ2) is 8.54. The molecule has 0 atom stereocenters. The summed E-state index contributed by atoms with van der Waals surface area (Å²) in [6.07, 6.45) is 0. The molecule has 0 bridgehead atoms. The zero-order valence-electron chi connectivity index (χ0n) is 17.4. The molecular weight excluding hydrogens is 442 g/mol. The minimum absolute atomic E-state index is 0.0881. The molecule has 0 N–H and O–H groups in total. The summed E-state index contributed by atoms with van der Waals surface area (Å²) in [5, 5.41) is 0. The molecule has 8 heteroatoms. The molecule has 32 heavy (non-hydrogen) atoms. The van der Waals surface area contributed by atoms with Crippen LogP contribution in [0.2, 0.25) is 0 Å². The summed E-state index contributed by atoms with van der Waals surface area (Å²) in [7, 11) is -3.62. The highest BCUT2D eigenvalue weighted by Gasteiger charge is 2.29. The standard InChI is InChI=1S/C24H23N3O3S2/c28-24-27(18-19-7-3-1-4-8-19)22-12-11-21(17-23(22)31-24)32(29,30)26-15-13-25(14-16-26)20-9-5-2-6-10-20/h1-12,17H,13-16,18H2. The SMILES string of the molecule is O=c1sc2cc(S(=O)(=O)N3CCN(c4ccccc4)CC3)ccc2n1Cc1ccccc1. The molecule has 0 spiro atoms. The first kappa shape index (κ1) is 20.9. The van der Waals surface area contributed by atoms with Crippen molar-refractivity contribution in [3.05, 3.63) is 94.1 Å². The van der Waals surface area contributed by atoms with E-state index >= 15 is 0 Å². The van der Waals surface area contributed by atoms with Gasteiger partial charge < -0.3 is 4.90 Å². The van der Waals surface area contributed by atoms with Gasteiger partial charge in [-0.25, -0.2) is 8.42 Å². The van der Waals surface area contributed by atoms with Crippen molar-refractivity contribution in [1.29, 1.82) is 0 Å². The zero-order chi connectivity index (χ0) is 22.1. The van der Waals surface area contributed by atoms with Gasteiger partial charge in [-0.1, -0.05) is 59.9 Å². The average molecular weight is 466 g/mol. The van der Waals surface area contributed by atoms with Crippen LogP contribution in [0.1, 0.15) is 5.56 Å². The minimum Gasteiger partial charge on any atom is -0.369 e. The molecule has 1 fully saturated rings. The van der Waals surface area contributed by atoms with Gasteiger partial charge in [0.15, 0.2) is 0 Å². The fourth-order valence-electron chi connectivity index (χ4n) is 4.10. The van der Waals surface area contributed by atoms with Crippen LogP contribution in [0.5, 0.6) is 0 Å². The largest absolute Gasteiger partial charge is 0.369 e. The summed E-state index contributed by atoms with van der Waals surface area (Å²) in [5.41, 5.74) is 2.90. The van der Waals surface area contributed by atoms with Crippen LogP contribution in [0.15, 0.2) is 88.6 Å². The van der Waals surface area contributed by atoms with E-state index in [1.165, 1.54) is 4.31 Å². The van der Waals surface area contributed by atoms with Crippen molar-refractivity contribution in [1.82, 2.24) is 8.87 Å². The molecule has 164 valence electrons. The number of sulfonamides is 1. The lowest BCUT2D eigenvalue weighted by Gasteiger charge is -2.35. The van der Waals surface area contributed by atoms with Crippen LogP contribution >= 0.6 is 11.3 Å². The van der Waals surface area contributed by atoms with Crippen LogP contribution in [0.3, 0.4) is 0 Å². The summed E-state index contributed by atoms with van der Waals surface area (Å²) in [6.45, 7) is 2.62. The lowest BCUT2D eigenvalue weighted by Crippen LogP contribution is -2.48. The number of aromatic nitrogens is 1. The molecule has 4 aromatic rings. The van der Waals surface area contributed by atoms with Crippen molar-refractivity contribution in [3.8, 4) is 0 Å². The number of nitrogens with zero attached hydrogens (tertiary/aromatic N) is 3. The molecule has 5 rings (SSSR count). The van der Waals surface area contributed by atoms with E-state index in [0.717, 1.165) is 28.1 Å². The lowest BCUT2D eigenvalue weighted by atomic mass is 10.2. The topological polar surface area (TPSA) is 62.6 Å². The Morgan fingerprint density at radius 2 is 1.47 bits per heavy atom. The molecule has 1 aliphatic heterocycles. The van der Waals surface area contributed by atoms with Gasteiger partial charge in [0.2, 0.25) is 10.0 Å². The fourth-order valence-corrected chi connectivity index (χ4v) is 6.55. The van der Waals surface area contributed by atoms with E-state index in [-0.39, 0.29) is 9.77 Å². The smallest absolute Gasteiger partial charge is 0.308 e. The van der Waals surface area contributed by atoms with Gasteiger partial charge in [0.1, 0.15) is 0 Å². The van der Waals surface area contributed by atoms with Gasteiger partial charge in [0.05, 0.1) is 21.7 Å². The Kier molecular flexibility index (Phi) is 5.58. The van der Waals surface area contributed by atoms with Gasteiger partial charge >= 0.3 is 4.87 Å². The van der Waals surface area contributed by atoms with Crippen LogP contribution < -0.4 is 9.77 Å². The first-order valence-electron chi connectivity index (χ1n) is 10.5. The van der Waals surface area contributed by atoms with E-state index in [0.29, 0.717) is 37.4 Å². The highest BCUT2D eigenvalue weighted by Crippen LogP contribution is 2.26. The van der Waals surface area contributed by atoms with Crippen LogP contribution in [-0.4, -0.2) is 43.5 Å². The Bertz CT molecular complexity index is 1390. The molecule has 0 aliphatic carbocycles. The molecular formula is C24H23N3O3S2. The molecule has 0 saturated carbocycles. The van der Waals surface area contributed by atoms with Crippen LogP contribution in [-0.2, 0) is 16.6 Å². The van der Waals surface area contributed by atoms with Gasteiger partial charge in [-0.15, -0.1) is 0 Å². The summed E-state index contributed by atoms with van der Waals surface area (Å²) >= 11 is 1.09. The van der Waals surface area contributed by atoms with E-state index < -0.39 is 10.0 Å². The summed E-state index contributed by atoms with van der Waals surface area (Å²) in [6, 6.07) is 24.8. The number of thiazole rings is 1. The van der Waals surface area contributed by atoms with Crippen molar-refractivity contribution < 1.29 is 8.42 Å². The maximum Gasteiger partial charge on any atom is 0.308 e. The van der Waals surface area contributed by atoms with Crippen molar-refractivity contribution in [2.75, 3.05) is 31.1 Å². The molecule has 1 aliphatic rings. The van der Waals surface area contributed by atoms with Crippen molar-refractivity contribution >= 4 is 37.3 Å². The average Bonchev–Trinajstić information content (AvgIpc) is 3.14. The molecule has 0 unspecified atom stereocenters. The lowest BCUT2D eigenvalue weighted by molar-refractivity contribution is 0.385. The van der Waals surface area contributed by atoms with Crippen molar-refractivity contribution in [3.63, 3.8) is 0 Å². The number of rotatable bonds is 5. The molecule has 3 aromatic carbocycles. The van der Waals surface area contributed by atoms with Gasteiger partial charge in [-0.05, 0) is 35.9 Å². The summed E-state index contributed by atoms with van der Waals surface area (Å²) in [5.74, 6) is 0. The minimum atomic E-state index is -3.62. The normalized spacial score (nSPS) is 15.3. The number of anilines is 1. The molecule has 0 amide bonds. The van der Waals surface area contributed by atoms with E-state index in [9.17, 15) is 13.2 Å². The van der Waals surface area contributed by atoms with Crippen LogP contribution in [0.4, 0.5) is 5.69 Å². The molecule has 6 nitrogen and oxygen atoms in total. The third-order valence-corrected chi connectivity index (χ3v) is 8.66. The number of hydrogen-bond donors (Lipinski definition) is 0. The predicted octanol–water partition coefficient (Wildman–Crippen LogP) is 3.62.